The molecular formula is C19H18N4O3. The molecule has 1 aromatic carbocycles. The molecule has 2 amide bonds. The Morgan fingerprint density at radius 2 is 1.73 bits per heavy atom. The highest BCUT2D eigenvalue weighted by Gasteiger charge is 2.31. The van der Waals surface area contributed by atoms with Crippen LogP contribution in [0.15, 0.2) is 35.1 Å². The molecule has 0 atom stereocenters. The second-order valence-electron chi connectivity index (χ2n) is 7.48. The molecule has 2 aromatic heterocycles. The molecule has 0 unspecified atom stereocenters. The van der Waals surface area contributed by atoms with Crippen molar-refractivity contribution < 1.29 is 9.59 Å². The number of aromatic nitrogens is 2. The van der Waals surface area contributed by atoms with Crippen molar-refractivity contribution in [3.8, 4) is 5.69 Å². The van der Waals surface area contributed by atoms with Crippen LogP contribution in [0, 0.1) is 0 Å². The van der Waals surface area contributed by atoms with Crippen LogP contribution in [0.4, 0.5) is 5.82 Å². The largest absolute Gasteiger partial charge is 0.384 e. The predicted octanol–water partition coefficient (Wildman–Crippen LogP) is 2.08. The van der Waals surface area contributed by atoms with Crippen molar-refractivity contribution in [3.63, 3.8) is 0 Å². The molecule has 0 bridgehead atoms. The minimum atomic E-state index is -0.600. The van der Waals surface area contributed by atoms with Crippen molar-refractivity contribution in [3.05, 3.63) is 57.5 Å². The predicted molar refractivity (Wildman–Crippen MR) is 98.8 cm³/mol. The van der Waals surface area contributed by atoms with E-state index in [-0.39, 0.29) is 22.4 Å². The number of amides is 2. The van der Waals surface area contributed by atoms with Crippen LogP contribution in [0.1, 0.15) is 47.2 Å². The number of nitrogens with zero attached hydrogens (tertiary/aromatic N) is 1. The number of nitrogens with one attached hydrogen (secondary N) is 2. The van der Waals surface area contributed by atoms with Gasteiger partial charge in [-0.25, -0.2) is 0 Å². The van der Waals surface area contributed by atoms with E-state index in [9.17, 15) is 14.4 Å². The van der Waals surface area contributed by atoms with Gasteiger partial charge in [0.2, 0.25) is 0 Å². The molecular weight excluding hydrogens is 332 g/mol. The molecule has 4 N–H and O–H groups in total. The standard InChI is InChI=1S/C19H18N4O3/c1-19(2,3)13-7-9-6-10(4-5-12(9)21-13)23-14(24)8-11-15(16(23)20)18(26)22-17(11)25/h4-8,21H,20H2,1-3H3,(H,22,25,26). The van der Waals surface area contributed by atoms with Gasteiger partial charge in [0.05, 0.1) is 16.8 Å². The lowest BCUT2D eigenvalue weighted by Crippen LogP contribution is -2.24. The first kappa shape index (κ1) is 16.1. The monoisotopic (exact) mass is 350 g/mol. The molecule has 4 rings (SSSR count). The molecule has 0 radical (unpaired) electrons. The fourth-order valence-corrected chi connectivity index (χ4v) is 3.21. The number of aromatic amines is 1. The van der Waals surface area contributed by atoms with Gasteiger partial charge in [0.1, 0.15) is 5.82 Å². The molecule has 3 aromatic rings. The summed E-state index contributed by atoms with van der Waals surface area (Å²) in [6.07, 6.45) is 0. The number of carbonyl (C=O) groups is 2. The second kappa shape index (κ2) is 5.08. The highest BCUT2D eigenvalue weighted by Crippen LogP contribution is 2.28. The van der Waals surface area contributed by atoms with E-state index in [0.717, 1.165) is 22.7 Å². The number of pyridine rings is 1. The summed E-state index contributed by atoms with van der Waals surface area (Å²) in [5.41, 5.74) is 8.19. The number of hydrogen-bond acceptors (Lipinski definition) is 4. The van der Waals surface area contributed by atoms with E-state index in [1.807, 2.05) is 18.2 Å². The molecule has 1 aliphatic rings. The third kappa shape index (κ3) is 2.24. The number of carbonyl (C=O) groups excluding carboxylic acids is 2. The highest BCUT2D eigenvalue weighted by atomic mass is 16.2. The normalized spacial score (nSPS) is 14.0. The minimum absolute atomic E-state index is 0.0199. The van der Waals surface area contributed by atoms with Gasteiger partial charge in [-0.3, -0.25) is 24.3 Å². The van der Waals surface area contributed by atoms with Crippen LogP contribution >= 0.6 is 0 Å². The quantitative estimate of drug-likeness (QED) is 0.584. The van der Waals surface area contributed by atoms with Gasteiger partial charge in [-0.2, -0.15) is 0 Å². The van der Waals surface area contributed by atoms with Gasteiger partial charge in [-0.1, -0.05) is 20.8 Å². The molecule has 1 aliphatic heterocycles. The third-order valence-corrected chi connectivity index (χ3v) is 4.62. The molecule has 0 fully saturated rings. The van der Waals surface area contributed by atoms with Gasteiger partial charge in [0.25, 0.3) is 17.4 Å². The number of hydrogen-bond donors (Lipinski definition) is 3. The van der Waals surface area contributed by atoms with Crippen LogP contribution in [0.2, 0.25) is 0 Å². The van der Waals surface area contributed by atoms with Crippen LogP contribution in [0.5, 0.6) is 0 Å². The van der Waals surface area contributed by atoms with Crippen molar-refractivity contribution in [2.75, 3.05) is 5.73 Å². The van der Waals surface area contributed by atoms with Gasteiger partial charge in [-0.05, 0) is 24.3 Å². The molecule has 0 saturated carbocycles. The number of rotatable bonds is 1. The van der Waals surface area contributed by atoms with E-state index in [1.165, 1.54) is 4.57 Å². The Labute approximate surface area is 148 Å². The molecule has 3 heterocycles. The summed E-state index contributed by atoms with van der Waals surface area (Å²) in [5.74, 6) is -1.23. The van der Waals surface area contributed by atoms with E-state index < -0.39 is 17.4 Å². The van der Waals surface area contributed by atoms with Gasteiger partial charge in [0, 0.05) is 28.1 Å². The number of fused-ring (bicyclic) bond motifs is 2. The van der Waals surface area contributed by atoms with Crippen LogP contribution < -0.4 is 16.6 Å². The summed E-state index contributed by atoms with van der Waals surface area (Å²) in [7, 11) is 0. The number of imide groups is 1. The lowest BCUT2D eigenvalue weighted by atomic mass is 9.92. The zero-order chi connectivity index (χ0) is 18.8. The lowest BCUT2D eigenvalue weighted by Gasteiger charge is -2.15. The Bertz CT molecular complexity index is 1160. The first-order chi connectivity index (χ1) is 12.2. The van der Waals surface area contributed by atoms with Crippen molar-refractivity contribution in [1.29, 1.82) is 0 Å². The summed E-state index contributed by atoms with van der Waals surface area (Å²) in [5, 5.41) is 3.09. The Morgan fingerprint density at radius 3 is 2.42 bits per heavy atom. The fraction of sp³-hybridized carbons (Fsp3) is 0.211. The molecule has 0 aliphatic carbocycles. The summed E-state index contributed by atoms with van der Waals surface area (Å²) in [6, 6.07) is 8.63. The van der Waals surface area contributed by atoms with Gasteiger partial charge in [-0.15, -0.1) is 0 Å². The molecule has 7 nitrogen and oxygen atoms in total. The molecule has 26 heavy (non-hydrogen) atoms. The number of anilines is 1. The van der Waals surface area contributed by atoms with Crippen LogP contribution in [0.25, 0.3) is 16.6 Å². The summed E-state index contributed by atoms with van der Waals surface area (Å²) in [6.45, 7) is 6.33. The van der Waals surface area contributed by atoms with E-state index in [2.05, 4.69) is 31.1 Å². The maximum atomic E-state index is 12.5. The van der Waals surface area contributed by atoms with Gasteiger partial charge >= 0.3 is 0 Å². The summed E-state index contributed by atoms with van der Waals surface area (Å²) >= 11 is 0. The van der Waals surface area contributed by atoms with E-state index in [0.29, 0.717) is 5.69 Å². The average molecular weight is 350 g/mol. The van der Waals surface area contributed by atoms with E-state index in [4.69, 9.17) is 5.73 Å². The first-order valence-corrected chi connectivity index (χ1v) is 8.21. The zero-order valence-corrected chi connectivity index (χ0v) is 14.6. The highest BCUT2D eigenvalue weighted by molar-refractivity contribution is 6.23. The van der Waals surface area contributed by atoms with Gasteiger partial charge in [0.15, 0.2) is 0 Å². The molecule has 7 heteroatoms. The third-order valence-electron chi connectivity index (χ3n) is 4.62. The van der Waals surface area contributed by atoms with Crippen LogP contribution in [0.3, 0.4) is 0 Å². The maximum absolute atomic E-state index is 12.5. The molecule has 0 saturated heterocycles. The number of H-pyrrole nitrogens is 1. The van der Waals surface area contributed by atoms with Gasteiger partial charge < -0.3 is 10.7 Å². The van der Waals surface area contributed by atoms with Crippen molar-refractivity contribution in [2.45, 2.75) is 26.2 Å². The van der Waals surface area contributed by atoms with Crippen LogP contribution in [-0.2, 0) is 5.41 Å². The minimum Gasteiger partial charge on any atom is -0.384 e. The Kier molecular flexibility index (Phi) is 3.15. The van der Waals surface area contributed by atoms with Crippen molar-refractivity contribution in [1.82, 2.24) is 14.9 Å². The Morgan fingerprint density at radius 1 is 1.00 bits per heavy atom. The average Bonchev–Trinajstić information content (AvgIpc) is 3.08. The maximum Gasteiger partial charge on any atom is 0.262 e. The van der Waals surface area contributed by atoms with E-state index >= 15 is 0 Å². The van der Waals surface area contributed by atoms with E-state index in [1.54, 1.807) is 6.07 Å². The Balaban J connectivity index is 1.94. The topological polar surface area (TPSA) is 110 Å². The zero-order valence-electron chi connectivity index (χ0n) is 14.6. The lowest BCUT2D eigenvalue weighted by molar-refractivity contribution is 0.0880. The van der Waals surface area contributed by atoms with Crippen molar-refractivity contribution >= 4 is 28.5 Å². The van der Waals surface area contributed by atoms with Crippen molar-refractivity contribution in [2.24, 2.45) is 0 Å². The first-order valence-electron chi connectivity index (χ1n) is 8.21. The fourth-order valence-electron chi connectivity index (χ4n) is 3.21. The summed E-state index contributed by atoms with van der Waals surface area (Å²) in [4.78, 5) is 39.7. The summed E-state index contributed by atoms with van der Waals surface area (Å²) < 4.78 is 1.25. The second-order valence-corrected chi connectivity index (χ2v) is 7.48. The number of nitrogen functional groups attached to an aromatic ring is 1. The molecule has 132 valence electrons. The number of nitrogens with two attached hydrogens (primary N) is 1. The molecule has 0 spiro atoms. The van der Waals surface area contributed by atoms with Crippen LogP contribution in [-0.4, -0.2) is 21.4 Å². The smallest absolute Gasteiger partial charge is 0.262 e. The number of benzene rings is 1. The SMILES string of the molecule is CC(C)(C)c1cc2cc(-n3c(N)c4c(cc3=O)C(=O)NC4=O)ccc2[nH]1. The Hall–Kier alpha value is -3.35.